The summed E-state index contributed by atoms with van der Waals surface area (Å²) in [6, 6.07) is 16.6. The summed E-state index contributed by atoms with van der Waals surface area (Å²) in [7, 11) is -3.57. The number of benzene rings is 2. The van der Waals surface area contributed by atoms with E-state index in [0.29, 0.717) is 38.3 Å². The zero-order chi connectivity index (χ0) is 21.6. The Balaban J connectivity index is 1.67. The molecule has 2 aromatic carbocycles. The van der Waals surface area contributed by atoms with Gasteiger partial charge < -0.3 is 4.90 Å². The fourth-order valence-corrected chi connectivity index (χ4v) is 5.27. The zero-order valence-corrected chi connectivity index (χ0v) is 18.6. The van der Waals surface area contributed by atoms with Crippen LogP contribution in [-0.4, -0.2) is 67.7 Å². The summed E-state index contributed by atoms with van der Waals surface area (Å²) in [5, 5.41) is 0. The van der Waals surface area contributed by atoms with E-state index < -0.39 is 10.0 Å². The van der Waals surface area contributed by atoms with Gasteiger partial charge in [0.2, 0.25) is 10.0 Å². The molecule has 2 aromatic rings. The minimum absolute atomic E-state index is 0.0738. The molecule has 0 N–H and O–H groups in total. The Labute approximate surface area is 180 Å². The zero-order valence-electron chi connectivity index (χ0n) is 17.8. The molecule has 0 aliphatic carbocycles. The third-order valence-corrected chi connectivity index (χ3v) is 7.50. The van der Waals surface area contributed by atoms with Crippen LogP contribution in [0.15, 0.2) is 59.5 Å². The van der Waals surface area contributed by atoms with Crippen LogP contribution in [0.25, 0.3) is 0 Å². The Morgan fingerprint density at radius 3 is 2.20 bits per heavy atom. The van der Waals surface area contributed by atoms with Gasteiger partial charge in [-0.25, -0.2) is 8.42 Å². The van der Waals surface area contributed by atoms with Crippen molar-refractivity contribution in [1.82, 2.24) is 14.1 Å². The highest BCUT2D eigenvalue weighted by Gasteiger charge is 2.27. The van der Waals surface area contributed by atoms with Crippen LogP contribution >= 0.6 is 0 Å². The predicted molar refractivity (Wildman–Crippen MR) is 119 cm³/mol. The van der Waals surface area contributed by atoms with Crippen LogP contribution in [0, 0.1) is 0 Å². The van der Waals surface area contributed by atoms with Crippen molar-refractivity contribution in [2.45, 2.75) is 31.7 Å². The average molecular weight is 430 g/mol. The minimum atomic E-state index is -3.57. The highest BCUT2D eigenvalue weighted by atomic mass is 32.2. The van der Waals surface area contributed by atoms with E-state index in [1.54, 1.807) is 33.5 Å². The summed E-state index contributed by atoms with van der Waals surface area (Å²) in [5.41, 5.74) is 1.75. The van der Waals surface area contributed by atoms with Gasteiger partial charge >= 0.3 is 0 Å². The molecule has 30 heavy (non-hydrogen) atoms. The number of carbonyl (C=O) groups is 1. The molecule has 1 fully saturated rings. The molecule has 1 aliphatic rings. The Kier molecular flexibility index (Phi) is 7.64. The van der Waals surface area contributed by atoms with Crippen molar-refractivity contribution >= 4 is 15.9 Å². The molecule has 1 amide bonds. The highest BCUT2D eigenvalue weighted by molar-refractivity contribution is 7.89. The van der Waals surface area contributed by atoms with Crippen molar-refractivity contribution in [3.8, 4) is 0 Å². The molecule has 3 rings (SSSR count). The lowest BCUT2D eigenvalue weighted by atomic mass is 10.2. The van der Waals surface area contributed by atoms with Crippen molar-refractivity contribution in [2.24, 2.45) is 0 Å². The van der Waals surface area contributed by atoms with Crippen molar-refractivity contribution in [3.63, 3.8) is 0 Å². The van der Waals surface area contributed by atoms with E-state index in [9.17, 15) is 13.2 Å². The lowest BCUT2D eigenvalue weighted by Crippen LogP contribution is -2.35. The SMILES string of the molecule is CCN(CC)C(=O)c1ccc(S(=O)(=O)N2CCCN(Cc3ccccc3)CC2)cc1. The first kappa shape index (κ1) is 22.5. The summed E-state index contributed by atoms with van der Waals surface area (Å²) < 4.78 is 27.9. The second-order valence-corrected chi connectivity index (χ2v) is 9.46. The summed E-state index contributed by atoms with van der Waals surface area (Å²) >= 11 is 0. The largest absolute Gasteiger partial charge is 0.339 e. The molecule has 0 bridgehead atoms. The normalized spacial score (nSPS) is 16.2. The van der Waals surface area contributed by atoms with Crippen LogP contribution in [0.2, 0.25) is 0 Å². The maximum atomic E-state index is 13.1. The van der Waals surface area contributed by atoms with Gasteiger partial charge in [-0.1, -0.05) is 30.3 Å². The van der Waals surface area contributed by atoms with Crippen LogP contribution in [0.3, 0.4) is 0 Å². The number of carbonyl (C=O) groups excluding carboxylic acids is 1. The Bertz CT molecular complexity index is 926. The molecule has 0 atom stereocenters. The van der Waals surface area contributed by atoms with Gasteiger partial charge in [0.1, 0.15) is 0 Å². The van der Waals surface area contributed by atoms with Gasteiger partial charge in [-0.2, -0.15) is 4.31 Å². The fraction of sp³-hybridized carbons (Fsp3) is 0.435. The van der Waals surface area contributed by atoms with Gasteiger partial charge in [0.05, 0.1) is 4.90 Å². The number of sulfonamides is 1. The Hall–Kier alpha value is -2.22. The van der Waals surface area contributed by atoms with E-state index >= 15 is 0 Å². The summed E-state index contributed by atoms with van der Waals surface area (Å²) in [6.07, 6.45) is 0.796. The molecular formula is C23H31N3O3S. The van der Waals surface area contributed by atoms with Crippen molar-refractivity contribution in [1.29, 1.82) is 0 Å². The van der Waals surface area contributed by atoms with E-state index in [4.69, 9.17) is 0 Å². The molecular weight excluding hydrogens is 398 g/mol. The maximum absolute atomic E-state index is 13.1. The third-order valence-electron chi connectivity index (χ3n) is 5.59. The van der Waals surface area contributed by atoms with E-state index in [1.165, 1.54) is 5.56 Å². The molecule has 0 spiro atoms. The Morgan fingerprint density at radius 1 is 0.900 bits per heavy atom. The van der Waals surface area contributed by atoms with Crippen LogP contribution in [0.4, 0.5) is 0 Å². The second-order valence-electron chi connectivity index (χ2n) is 7.52. The van der Waals surface area contributed by atoms with Crippen molar-refractivity contribution < 1.29 is 13.2 Å². The number of amides is 1. The quantitative estimate of drug-likeness (QED) is 0.679. The summed E-state index contributed by atoms with van der Waals surface area (Å²) in [5.74, 6) is -0.0738. The standard InChI is InChI=1S/C23H31N3O3S/c1-3-25(4-2)23(27)21-11-13-22(14-12-21)30(28,29)26-16-8-15-24(17-18-26)19-20-9-6-5-7-10-20/h5-7,9-14H,3-4,8,15-19H2,1-2H3. The highest BCUT2D eigenvalue weighted by Crippen LogP contribution is 2.20. The molecule has 0 aromatic heterocycles. The van der Waals surface area contributed by atoms with E-state index in [0.717, 1.165) is 19.5 Å². The first-order valence-corrected chi connectivity index (χ1v) is 12.1. The van der Waals surface area contributed by atoms with Crippen LogP contribution in [0.1, 0.15) is 36.2 Å². The monoisotopic (exact) mass is 429 g/mol. The topological polar surface area (TPSA) is 60.9 Å². The van der Waals surface area contributed by atoms with Gasteiger partial charge in [0, 0.05) is 44.8 Å². The van der Waals surface area contributed by atoms with Gasteiger partial charge in [-0.3, -0.25) is 9.69 Å². The molecule has 7 heteroatoms. The molecule has 1 aliphatic heterocycles. The molecule has 1 saturated heterocycles. The molecule has 1 heterocycles. The lowest BCUT2D eigenvalue weighted by molar-refractivity contribution is 0.0773. The summed E-state index contributed by atoms with van der Waals surface area (Å²) in [6.45, 7) is 8.50. The first-order chi connectivity index (χ1) is 14.5. The second kappa shape index (κ2) is 10.2. The van der Waals surface area contributed by atoms with Crippen LogP contribution < -0.4 is 0 Å². The van der Waals surface area contributed by atoms with Crippen LogP contribution in [0.5, 0.6) is 0 Å². The maximum Gasteiger partial charge on any atom is 0.253 e. The third kappa shape index (κ3) is 5.28. The number of nitrogens with zero attached hydrogens (tertiary/aromatic N) is 3. The smallest absolute Gasteiger partial charge is 0.253 e. The van der Waals surface area contributed by atoms with Gasteiger partial charge in [-0.15, -0.1) is 0 Å². The van der Waals surface area contributed by atoms with Crippen molar-refractivity contribution in [3.05, 3.63) is 65.7 Å². The Morgan fingerprint density at radius 2 is 1.57 bits per heavy atom. The van der Waals surface area contributed by atoms with Crippen molar-refractivity contribution in [2.75, 3.05) is 39.3 Å². The molecule has 162 valence electrons. The van der Waals surface area contributed by atoms with E-state index in [-0.39, 0.29) is 10.8 Å². The minimum Gasteiger partial charge on any atom is -0.339 e. The number of rotatable bonds is 7. The fourth-order valence-electron chi connectivity index (χ4n) is 3.80. The van der Waals surface area contributed by atoms with Gasteiger partial charge in [-0.05, 0) is 56.6 Å². The van der Waals surface area contributed by atoms with Gasteiger partial charge in [0.25, 0.3) is 5.91 Å². The predicted octanol–water partition coefficient (Wildman–Crippen LogP) is 3.07. The number of hydrogen-bond acceptors (Lipinski definition) is 4. The first-order valence-electron chi connectivity index (χ1n) is 10.6. The molecule has 0 saturated carbocycles. The summed E-state index contributed by atoms with van der Waals surface area (Å²) in [4.78, 5) is 16.7. The lowest BCUT2D eigenvalue weighted by Gasteiger charge is -2.22. The van der Waals surface area contributed by atoms with Crippen LogP contribution in [-0.2, 0) is 16.6 Å². The van der Waals surface area contributed by atoms with Gasteiger partial charge in [0.15, 0.2) is 0 Å². The molecule has 6 nitrogen and oxygen atoms in total. The average Bonchev–Trinajstić information content (AvgIpc) is 3.01. The molecule has 0 unspecified atom stereocenters. The number of hydrogen-bond donors (Lipinski definition) is 0. The molecule has 0 radical (unpaired) electrons. The van der Waals surface area contributed by atoms with E-state index in [1.807, 2.05) is 32.0 Å². The van der Waals surface area contributed by atoms with E-state index in [2.05, 4.69) is 17.0 Å².